The smallest absolute Gasteiger partial charge is 0.340 e. The maximum Gasteiger partial charge on any atom is 0.599 e. The normalized spacial score (nSPS) is 15.1. The van der Waals surface area contributed by atoms with Gasteiger partial charge in [-0.15, -0.1) is 0 Å². The molecule has 0 bridgehead atoms. The predicted octanol–water partition coefficient (Wildman–Crippen LogP) is 7.39. The highest BCUT2D eigenvalue weighted by Gasteiger charge is 2.71. The summed E-state index contributed by atoms with van der Waals surface area (Å²) in [6.07, 6.45) is -58.2. The summed E-state index contributed by atoms with van der Waals surface area (Å²) in [4.78, 5) is 0.814. The van der Waals surface area contributed by atoms with E-state index in [9.17, 15) is 79.0 Å². The van der Waals surface area contributed by atoms with Gasteiger partial charge in [0.15, 0.2) is 0 Å². The lowest BCUT2D eigenvalue weighted by Gasteiger charge is -2.39. The van der Waals surface area contributed by atoms with Crippen LogP contribution in [0.15, 0.2) is 24.3 Å². The molecule has 0 saturated carbocycles. The van der Waals surface area contributed by atoms with Crippen LogP contribution in [0.4, 0.5) is 79.0 Å². The molecule has 0 aliphatic rings. The van der Waals surface area contributed by atoms with E-state index in [0.29, 0.717) is 6.07 Å². The van der Waals surface area contributed by atoms with Gasteiger partial charge in [-0.25, -0.2) is 0 Å². The summed E-state index contributed by atoms with van der Waals surface area (Å²) in [5.41, 5.74) is -0.623. The minimum atomic E-state index is -7.96. The maximum atomic E-state index is 13.1. The topological polar surface area (TPSA) is 39.7 Å². The van der Waals surface area contributed by atoms with Crippen LogP contribution in [0, 0.1) is 0 Å². The summed E-state index contributed by atoms with van der Waals surface area (Å²) in [6.45, 7) is -1.68. The van der Waals surface area contributed by atoms with Crippen molar-refractivity contribution in [2.75, 3.05) is 0 Å². The third-order valence-electron chi connectivity index (χ3n) is 4.00. The summed E-state index contributed by atoms with van der Waals surface area (Å²) in [5, 5.41) is -0.371. The first-order valence-electron chi connectivity index (χ1n) is 9.42. The van der Waals surface area contributed by atoms with E-state index in [0.717, 1.165) is 23.2 Å². The lowest BCUT2D eigenvalue weighted by Crippen LogP contribution is -2.70. The zero-order valence-electron chi connectivity index (χ0n) is 18.2. The molecule has 0 amide bonds. The van der Waals surface area contributed by atoms with Crippen molar-refractivity contribution in [2.45, 2.75) is 61.9 Å². The molecule has 1 aromatic carbocycles. The second-order valence-electron chi connectivity index (χ2n) is 7.28. The molecule has 0 radical (unpaired) electrons. The van der Waals surface area contributed by atoms with E-state index in [2.05, 4.69) is 13.3 Å². The van der Waals surface area contributed by atoms with Gasteiger partial charge in [-0.2, -0.15) is 79.0 Å². The minimum Gasteiger partial charge on any atom is -0.340 e. The van der Waals surface area contributed by atoms with E-state index in [1.807, 2.05) is 0 Å². The van der Waals surface area contributed by atoms with Gasteiger partial charge in [0.25, 0.3) is 0 Å². The monoisotopic (exact) mass is 669 g/mol. The Kier molecular flexibility index (Phi) is 10.8. The third-order valence-corrected chi connectivity index (χ3v) is 6.48. The van der Waals surface area contributed by atoms with Crippen molar-refractivity contribution in [2.24, 2.45) is 0 Å². The maximum absolute atomic E-state index is 13.1. The molecule has 24 heteroatoms. The number of rotatable bonds is 9. The molecular formula is C16H10ClF18NO3Si. The first-order valence-corrected chi connectivity index (χ1v) is 11.5. The van der Waals surface area contributed by atoms with Gasteiger partial charge in [-0.3, -0.25) is 4.98 Å². The van der Waals surface area contributed by atoms with Crippen LogP contribution in [0.2, 0.25) is 5.02 Å². The number of nitrogens with one attached hydrogen (secondary N) is 1. The molecular weight excluding hydrogens is 660 g/mol. The van der Waals surface area contributed by atoms with Crippen molar-refractivity contribution < 1.29 is 92.3 Å². The van der Waals surface area contributed by atoms with Gasteiger partial charge in [-0.05, 0) is 17.7 Å². The highest BCUT2D eigenvalue weighted by atomic mass is 35.5. The fourth-order valence-corrected chi connectivity index (χ4v) is 5.27. The Bertz CT molecular complexity index is 845. The van der Waals surface area contributed by atoms with Gasteiger partial charge >= 0.3 is 46.0 Å². The molecule has 1 aromatic rings. The Morgan fingerprint density at radius 2 is 0.875 bits per heavy atom. The molecule has 0 aliphatic heterocycles. The first-order chi connectivity index (χ1) is 17.5. The summed E-state index contributed by atoms with van der Waals surface area (Å²) in [7, 11) is -7.96. The second-order valence-corrected chi connectivity index (χ2v) is 9.89. The van der Waals surface area contributed by atoms with E-state index in [1.165, 1.54) is 0 Å². The van der Waals surface area contributed by atoms with E-state index in [4.69, 9.17) is 11.6 Å². The third kappa shape index (κ3) is 10.6. The molecule has 40 heavy (non-hydrogen) atoms. The zero-order chi connectivity index (χ0) is 31.8. The number of halogens is 19. The minimum absolute atomic E-state index is 0.371. The first kappa shape index (κ1) is 36.3. The molecule has 234 valence electrons. The van der Waals surface area contributed by atoms with Gasteiger partial charge in [0.2, 0.25) is 18.3 Å². The number of alkyl halides is 18. The molecule has 0 aliphatic carbocycles. The van der Waals surface area contributed by atoms with Crippen LogP contribution in [-0.4, -0.2) is 64.3 Å². The van der Waals surface area contributed by atoms with Crippen LogP contribution >= 0.6 is 11.6 Å². The average molecular weight is 670 g/mol. The molecule has 0 fully saturated rings. The summed E-state index contributed by atoms with van der Waals surface area (Å²) in [5.74, 6) is 0. The second kappa shape index (κ2) is 11.9. The van der Waals surface area contributed by atoms with Crippen LogP contribution in [0.1, 0.15) is 5.56 Å². The largest absolute Gasteiger partial charge is 0.599 e. The van der Waals surface area contributed by atoms with Crippen LogP contribution in [-0.2, 0) is 19.8 Å². The van der Waals surface area contributed by atoms with Crippen LogP contribution in [0.25, 0.3) is 0 Å². The van der Waals surface area contributed by atoms with Crippen molar-refractivity contribution >= 4 is 20.6 Å². The van der Waals surface area contributed by atoms with E-state index < -0.39 is 76.4 Å². The van der Waals surface area contributed by atoms with Gasteiger partial charge < -0.3 is 13.3 Å². The number of hydrogen-bond donors (Lipinski definition) is 1. The highest BCUT2D eigenvalue weighted by molar-refractivity contribution is 6.58. The molecule has 4 nitrogen and oxygen atoms in total. The van der Waals surface area contributed by atoms with E-state index in [1.54, 1.807) is 0 Å². The van der Waals surface area contributed by atoms with Crippen molar-refractivity contribution in [1.82, 2.24) is 4.98 Å². The van der Waals surface area contributed by atoms with Crippen molar-refractivity contribution in [3.05, 3.63) is 34.9 Å². The number of hydrogen-bond acceptors (Lipinski definition) is 4. The fraction of sp³-hybridized carbons (Fsp3) is 0.625. The van der Waals surface area contributed by atoms with Gasteiger partial charge in [-0.1, -0.05) is 23.7 Å². The van der Waals surface area contributed by atoms with E-state index >= 15 is 0 Å². The average Bonchev–Trinajstić information content (AvgIpc) is 2.67. The van der Waals surface area contributed by atoms with Crippen molar-refractivity contribution in [1.29, 1.82) is 0 Å². The van der Waals surface area contributed by atoms with Crippen molar-refractivity contribution in [3.8, 4) is 0 Å². The lowest BCUT2D eigenvalue weighted by molar-refractivity contribution is -0.344. The molecule has 0 atom stereocenters. The number of benzene rings is 1. The van der Waals surface area contributed by atoms with Gasteiger partial charge in [0, 0.05) is 11.6 Å². The molecule has 1 rings (SSSR count). The molecule has 0 saturated heterocycles. The quantitative estimate of drug-likeness (QED) is 0.220. The Labute approximate surface area is 215 Å². The fourth-order valence-electron chi connectivity index (χ4n) is 2.49. The van der Waals surface area contributed by atoms with E-state index in [-0.39, 0.29) is 5.02 Å². The highest BCUT2D eigenvalue weighted by Crippen LogP contribution is 2.44. The van der Waals surface area contributed by atoms with Crippen LogP contribution < -0.4 is 4.98 Å². The Morgan fingerprint density at radius 1 is 0.575 bits per heavy atom. The summed E-state index contributed by atoms with van der Waals surface area (Å²) < 4.78 is 245. The molecule has 1 N–H and O–H groups in total. The van der Waals surface area contributed by atoms with Gasteiger partial charge in [0.05, 0.1) is 0 Å². The van der Waals surface area contributed by atoms with Crippen molar-refractivity contribution in [3.63, 3.8) is 0 Å². The van der Waals surface area contributed by atoms with Crippen LogP contribution in [0.5, 0.6) is 0 Å². The Hall–Kier alpha value is -1.69. The lowest BCUT2D eigenvalue weighted by atomic mass is 10.2. The molecule has 0 heterocycles. The SMILES string of the molecule is FC(F)(F)C(O[Si](NCc1cccc(Cl)c1)(OC(C(F)(F)F)C(F)(F)F)OC(C(F)(F)F)C(F)(F)F)C(F)(F)F. The standard InChI is InChI=1S/C16H10ClF18NO3Si/c17-7-3-1-2-6(4-7)5-36-40(37-8(11(18,19)20)12(21,22)23,38-9(13(24,25)26)14(27,28)29)39-10(15(30,31)32)16(33,34)35/h1-4,8-10,36H,5H2. The van der Waals surface area contributed by atoms with Gasteiger partial charge in [0.1, 0.15) is 0 Å². The molecule has 0 aromatic heterocycles. The molecule has 0 unspecified atom stereocenters. The predicted molar refractivity (Wildman–Crippen MR) is 95.0 cm³/mol. The summed E-state index contributed by atoms with van der Waals surface area (Å²) in [6, 6.07) is 3.32. The van der Waals surface area contributed by atoms with Crippen LogP contribution in [0.3, 0.4) is 0 Å². The molecule has 0 spiro atoms. The summed E-state index contributed by atoms with van der Waals surface area (Å²) >= 11 is 5.50. The Balaban J connectivity index is 4.00. The zero-order valence-corrected chi connectivity index (χ0v) is 19.9. The Morgan fingerprint density at radius 3 is 1.12 bits per heavy atom.